The number of rotatable bonds is 5. The topological polar surface area (TPSA) is 103 Å². The molecule has 7 nitrogen and oxygen atoms in total. The molecule has 0 aromatic heterocycles. The van der Waals surface area contributed by atoms with Crippen LogP contribution in [0.15, 0.2) is 40.9 Å². The molecule has 8 heteroatoms. The lowest BCUT2D eigenvalue weighted by Crippen LogP contribution is -2.32. The Morgan fingerprint density at radius 3 is 2.35 bits per heavy atom. The summed E-state index contributed by atoms with van der Waals surface area (Å²) in [5, 5.41) is 5.93. The van der Waals surface area contributed by atoms with Gasteiger partial charge in [0.1, 0.15) is 19.3 Å². The van der Waals surface area contributed by atoms with E-state index in [1.54, 1.807) is 37.3 Å². The van der Waals surface area contributed by atoms with E-state index in [9.17, 15) is 9.59 Å². The van der Waals surface area contributed by atoms with E-state index in [0.717, 1.165) is 10.2 Å². The highest BCUT2D eigenvalue weighted by molar-refractivity contribution is 9.10. The number of carbonyl (C=O) groups is 2. The van der Waals surface area contributed by atoms with Crippen LogP contribution in [0, 0.1) is 0 Å². The van der Waals surface area contributed by atoms with Crippen LogP contribution in [0.5, 0.6) is 11.5 Å². The van der Waals surface area contributed by atoms with E-state index >= 15 is 0 Å². The van der Waals surface area contributed by atoms with E-state index < -0.39 is 11.9 Å². The third-order valence-electron chi connectivity index (χ3n) is 3.83. The normalized spacial score (nSPS) is 13.6. The van der Waals surface area contributed by atoms with E-state index in [0.29, 0.717) is 36.0 Å². The smallest absolute Gasteiger partial charge is 0.248 e. The van der Waals surface area contributed by atoms with Crippen molar-refractivity contribution in [3.05, 3.63) is 46.4 Å². The van der Waals surface area contributed by atoms with Crippen molar-refractivity contribution in [2.75, 3.05) is 23.8 Å². The Kier molecular flexibility index (Phi) is 5.32. The molecule has 0 aliphatic carbocycles. The molecule has 4 N–H and O–H groups in total. The van der Waals surface area contributed by atoms with Crippen molar-refractivity contribution in [1.82, 2.24) is 0 Å². The number of nitrogens with two attached hydrogens (primary N) is 1. The van der Waals surface area contributed by atoms with Crippen LogP contribution in [0.1, 0.15) is 17.3 Å². The van der Waals surface area contributed by atoms with E-state index in [1.807, 2.05) is 6.07 Å². The van der Waals surface area contributed by atoms with Gasteiger partial charge in [0, 0.05) is 27.9 Å². The fraction of sp³-hybridized carbons (Fsp3) is 0.222. The molecule has 0 bridgehead atoms. The zero-order chi connectivity index (χ0) is 18.7. The summed E-state index contributed by atoms with van der Waals surface area (Å²) >= 11 is 3.47. The fourth-order valence-corrected chi connectivity index (χ4v) is 2.88. The molecule has 2 aromatic rings. The molecule has 1 atom stereocenters. The van der Waals surface area contributed by atoms with Gasteiger partial charge in [-0.05, 0) is 47.1 Å². The lowest BCUT2D eigenvalue weighted by Gasteiger charge is -2.22. The summed E-state index contributed by atoms with van der Waals surface area (Å²) in [5.41, 5.74) is 6.89. The molecule has 0 saturated heterocycles. The van der Waals surface area contributed by atoms with Crippen LogP contribution in [0.3, 0.4) is 0 Å². The number of fused-ring (bicyclic) bond motifs is 1. The maximum Gasteiger partial charge on any atom is 0.248 e. The first kappa shape index (κ1) is 18.1. The number of amides is 2. The first-order valence-corrected chi connectivity index (χ1v) is 8.80. The van der Waals surface area contributed by atoms with Crippen LogP contribution in [-0.4, -0.2) is 31.1 Å². The van der Waals surface area contributed by atoms with E-state index in [2.05, 4.69) is 26.6 Å². The number of hydrogen-bond acceptors (Lipinski definition) is 5. The predicted molar refractivity (Wildman–Crippen MR) is 102 cm³/mol. The molecule has 0 spiro atoms. The minimum atomic E-state index is -0.513. The number of hydrogen-bond donors (Lipinski definition) is 3. The van der Waals surface area contributed by atoms with Crippen molar-refractivity contribution in [1.29, 1.82) is 0 Å². The van der Waals surface area contributed by atoms with Gasteiger partial charge in [-0.3, -0.25) is 9.59 Å². The lowest BCUT2D eigenvalue weighted by molar-refractivity contribution is -0.116. The second-order valence-corrected chi connectivity index (χ2v) is 6.63. The van der Waals surface area contributed by atoms with Gasteiger partial charge in [0.15, 0.2) is 11.5 Å². The minimum absolute atomic E-state index is 0.224. The van der Waals surface area contributed by atoms with Crippen molar-refractivity contribution < 1.29 is 19.1 Å². The number of carbonyl (C=O) groups excluding carboxylic acids is 2. The molecule has 3 rings (SSSR count). The standard InChI is InChI=1S/C18H18BrN3O4/c1-10(18(24)22-12-4-2-11(3-5-12)17(20)23)21-14-9-16-15(8-13(14)19)25-6-7-26-16/h2-5,8-10,21H,6-7H2,1H3,(H2,20,23)(H,22,24)/t10-/m0/s1. The molecule has 0 unspecified atom stereocenters. The van der Waals surface area contributed by atoms with E-state index in [4.69, 9.17) is 15.2 Å². The summed E-state index contributed by atoms with van der Waals surface area (Å²) in [7, 11) is 0. The molecule has 1 heterocycles. The largest absolute Gasteiger partial charge is 0.486 e. The van der Waals surface area contributed by atoms with Gasteiger partial charge in [-0.15, -0.1) is 0 Å². The summed E-state index contributed by atoms with van der Waals surface area (Å²) in [6, 6.07) is 9.48. The molecule has 0 fully saturated rings. The average Bonchev–Trinajstić information content (AvgIpc) is 2.62. The van der Waals surface area contributed by atoms with Crippen LogP contribution in [0.4, 0.5) is 11.4 Å². The Hall–Kier alpha value is -2.74. The SMILES string of the molecule is C[C@H](Nc1cc2c(cc1Br)OCCO2)C(=O)Nc1ccc(C(N)=O)cc1. The van der Waals surface area contributed by atoms with Crippen LogP contribution in [0.25, 0.3) is 0 Å². The Morgan fingerprint density at radius 1 is 1.12 bits per heavy atom. The first-order chi connectivity index (χ1) is 12.4. The van der Waals surface area contributed by atoms with Crippen LogP contribution in [-0.2, 0) is 4.79 Å². The number of nitrogens with one attached hydrogen (secondary N) is 2. The van der Waals surface area contributed by atoms with Gasteiger partial charge in [-0.25, -0.2) is 0 Å². The zero-order valence-corrected chi connectivity index (χ0v) is 15.6. The third kappa shape index (κ3) is 4.08. The number of halogens is 1. The second kappa shape index (κ2) is 7.65. The molecule has 2 aromatic carbocycles. The number of anilines is 2. The number of benzene rings is 2. The van der Waals surface area contributed by atoms with Crippen molar-refractivity contribution in [2.45, 2.75) is 13.0 Å². The Bertz CT molecular complexity index is 839. The second-order valence-electron chi connectivity index (χ2n) is 5.77. The fourth-order valence-electron chi connectivity index (χ4n) is 2.44. The Labute approximate surface area is 159 Å². The van der Waals surface area contributed by atoms with Crippen molar-refractivity contribution >= 4 is 39.1 Å². The van der Waals surface area contributed by atoms with Crippen LogP contribution < -0.4 is 25.8 Å². The van der Waals surface area contributed by atoms with Gasteiger partial charge in [-0.1, -0.05) is 0 Å². The third-order valence-corrected chi connectivity index (χ3v) is 4.49. The summed E-state index contributed by atoms with van der Waals surface area (Å²) < 4.78 is 11.9. The number of ether oxygens (including phenoxy) is 2. The highest BCUT2D eigenvalue weighted by Crippen LogP contribution is 2.38. The summed E-state index contributed by atoms with van der Waals surface area (Å²) in [4.78, 5) is 23.5. The van der Waals surface area contributed by atoms with E-state index in [-0.39, 0.29) is 5.91 Å². The van der Waals surface area contributed by atoms with Gasteiger partial charge < -0.3 is 25.8 Å². The maximum absolute atomic E-state index is 12.4. The predicted octanol–water partition coefficient (Wildman–Crippen LogP) is 2.76. The highest BCUT2D eigenvalue weighted by Gasteiger charge is 2.18. The van der Waals surface area contributed by atoms with Gasteiger partial charge in [0.05, 0.1) is 5.69 Å². The lowest BCUT2D eigenvalue weighted by atomic mass is 10.2. The molecule has 1 aliphatic rings. The molecule has 26 heavy (non-hydrogen) atoms. The van der Waals surface area contributed by atoms with Gasteiger partial charge in [-0.2, -0.15) is 0 Å². The quantitative estimate of drug-likeness (QED) is 0.691. The van der Waals surface area contributed by atoms with Crippen molar-refractivity contribution in [2.24, 2.45) is 5.73 Å². The molecule has 2 amide bonds. The molecule has 1 aliphatic heterocycles. The molecule has 136 valence electrons. The van der Waals surface area contributed by atoms with Crippen molar-refractivity contribution in [3.63, 3.8) is 0 Å². The highest BCUT2D eigenvalue weighted by atomic mass is 79.9. The minimum Gasteiger partial charge on any atom is -0.486 e. The zero-order valence-electron chi connectivity index (χ0n) is 14.0. The maximum atomic E-state index is 12.4. The van der Waals surface area contributed by atoms with Crippen LogP contribution in [0.2, 0.25) is 0 Å². The monoisotopic (exact) mass is 419 g/mol. The molecule has 0 radical (unpaired) electrons. The molecule has 0 saturated carbocycles. The van der Waals surface area contributed by atoms with Gasteiger partial charge in [0.25, 0.3) is 0 Å². The number of primary amides is 1. The van der Waals surface area contributed by atoms with Gasteiger partial charge in [0.2, 0.25) is 11.8 Å². The van der Waals surface area contributed by atoms with Crippen molar-refractivity contribution in [3.8, 4) is 11.5 Å². The Morgan fingerprint density at radius 2 is 1.73 bits per heavy atom. The average molecular weight is 420 g/mol. The van der Waals surface area contributed by atoms with Crippen LogP contribution >= 0.6 is 15.9 Å². The summed E-state index contributed by atoms with van der Waals surface area (Å²) in [6.45, 7) is 2.75. The first-order valence-electron chi connectivity index (χ1n) is 8.00. The van der Waals surface area contributed by atoms with E-state index in [1.165, 1.54) is 0 Å². The van der Waals surface area contributed by atoms with Gasteiger partial charge >= 0.3 is 0 Å². The summed E-state index contributed by atoms with van der Waals surface area (Å²) in [5.74, 6) is 0.567. The molecular weight excluding hydrogens is 402 g/mol. The summed E-state index contributed by atoms with van der Waals surface area (Å²) in [6.07, 6.45) is 0. The Balaban J connectivity index is 1.66. The molecular formula is C18H18BrN3O4.